The van der Waals surface area contributed by atoms with Crippen molar-refractivity contribution >= 4 is 33.1 Å². The van der Waals surface area contributed by atoms with E-state index in [0.29, 0.717) is 23.9 Å². The Bertz CT molecular complexity index is 727. The first-order valence-corrected chi connectivity index (χ1v) is 10.6. The van der Waals surface area contributed by atoms with Crippen LogP contribution in [0.2, 0.25) is 0 Å². The van der Waals surface area contributed by atoms with Crippen molar-refractivity contribution in [1.29, 1.82) is 0 Å². The van der Waals surface area contributed by atoms with E-state index in [1.807, 2.05) is 13.8 Å². The van der Waals surface area contributed by atoms with Crippen molar-refractivity contribution in [3.63, 3.8) is 0 Å². The lowest BCUT2D eigenvalue weighted by Gasteiger charge is -2.12. The zero-order valence-corrected chi connectivity index (χ0v) is 16.8. The molecule has 1 aliphatic heterocycles. The zero-order valence-electron chi connectivity index (χ0n) is 15.1. The number of hydrogen-bond acceptors (Lipinski definition) is 5. The second-order valence-electron chi connectivity index (χ2n) is 6.08. The molecule has 1 heterocycles. The monoisotopic (exact) mass is 398 g/mol. The number of thiocarbonyl (C=S) groups is 1. The number of hydrazone groups is 1. The average Bonchev–Trinajstić information content (AvgIpc) is 3.16. The molecule has 0 amide bonds. The Morgan fingerprint density at radius 3 is 2.69 bits per heavy atom. The molecular weight excluding hydrogens is 372 g/mol. The van der Waals surface area contributed by atoms with E-state index in [1.165, 1.54) is 0 Å². The Kier molecular flexibility index (Phi) is 7.95. The highest BCUT2D eigenvalue weighted by Gasteiger charge is 2.15. The fourth-order valence-electron chi connectivity index (χ4n) is 2.45. The SMILES string of the molecule is CCCNS(=O)(=O)c1ccc(/C(C)=N\NC(=S)NC[C@@H]2CCCO2)cc1. The minimum absolute atomic E-state index is 0.204. The quantitative estimate of drug-likeness (QED) is 0.351. The Morgan fingerprint density at radius 2 is 2.08 bits per heavy atom. The highest BCUT2D eigenvalue weighted by Crippen LogP contribution is 2.12. The second-order valence-corrected chi connectivity index (χ2v) is 8.25. The number of benzene rings is 1. The van der Waals surface area contributed by atoms with Crippen LogP contribution in [0, 0.1) is 0 Å². The molecule has 1 aromatic rings. The van der Waals surface area contributed by atoms with Crippen LogP contribution in [0.5, 0.6) is 0 Å². The summed E-state index contributed by atoms with van der Waals surface area (Å²) in [5, 5.41) is 7.75. The van der Waals surface area contributed by atoms with E-state index >= 15 is 0 Å². The molecule has 26 heavy (non-hydrogen) atoms. The standard InChI is InChI=1S/C17H26N4O3S2/c1-3-10-19-26(22,23)16-8-6-14(7-9-16)13(2)20-21-17(25)18-12-15-5-4-11-24-15/h6-9,15,19H,3-5,10-12H2,1-2H3,(H2,18,21,25)/b20-13-/t15-/m0/s1. The fraction of sp³-hybridized carbons (Fsp3) is 0.529. The van der Waals surface area contributed by atoms with Crippen LogP contribution in [0.1, 0.15) is 38.7 Å². The molecule has 1 atom stereocenters. The van der Waals surface area contributed by atoms with Crippen LogP contribution in [0.15, 0.2) is 34.3 Å². The van der Waals surface area contributed by atoms with Gasteiger partial charge in [-0.15, -0.1) is 0 Å². The molecule has 9 heteroatoms. The maximum atomic E-state index is 12.1. The predicted molar refractivity (Wildman–Crippen MR) is 107 cm³/mol. The van der Waals surface area contributed by atoms with Crippen LogP contribution in [0.4, 0.5) is 0 Å². The topological polar surface area (TPSA) is 91.8 Å². The summed E-state index contributed by atoms with van der Waals surface area (Å²) in [6.45, 7) is 5.64. The lowest BCUT2D eigenvalue weighted by atomic mass is 10.1. The van der Waals surface area contributed by atoms with Crippen LogP contribution < -0.4 is 15.5 Å². The van der Waals surface area contributed by atoms with Gasteiger partial charge in [-0.05, 0) is 56.1 Å². The van der Waals surface area contributed by atoms with Crippen molar-refractivity contribution < 1.29 is 13.2 Å². The highest BCUT2D eigenvalue weighted by atomic mass is 32.2. The molecule has 144 valence electrons. The normalized spacial score (nSPS) is 17.9. The van der Waals surface area contributed by atoms with Crippen molar-refractivity contribution in [2.75, 3.05) is 19.7 Å². The first kappa shape index (κ1) is 20.8. The van der Waals surface area contributed by atoms with E-state index in [2.05, 4.69) is 20.6 Å². The Balaban J connectivity index is 1.88. The number of nitrogens with one attached hydrogen (secondary N) is 3. The van der Waals surface area contributed by atoms with Crippen LogP contribution in [0.3, 0.4) is 0 Å². The largest absolute Gasteiger partial charge is 0.376 e. The number of rotatable bonds is 8. The van der Waals surface area contributed by atoms with E-state index in [9.17, 15) is 8.42 Å². The van der Waals surface area contributed by atoms with Gasteiger partial charge >= 0.3 is 0 Å². The molecule has 0 aliphatic carbocycles. The molecule has 0 spiro atoms. The van der Waals surface area contributed by atoms with Gasteiger partial charge in [0.25, 0.3) is 0 Å². The van der Waals surface area contributed by atoms with Crippen molar-refractivity contribution in [3.8, 4) is 0 Å². The number of hydrogen-bond donors (Lipinski definition) is 3. The minimum Gasteiger partial charge on any atom is -0.376 e. The molecule has 3 N–H and O–H groups in total. The van der Waals surface area contributed by atoms with Gasteiger partial charge in [-0.2, -0.15) is 5.10 Å². The molecule has 0 aromatic heterocycles. The van der Waals surface area contributed by atoms with Crippen molar-refractivity contribution in [2.45, 2.75) is 44.1 Å². The Morgan fingerprint density at radius 1 is 1.35 bits per heavy atom. The van der Waals surface area contributed by atoms with E-state index in [1.54, 1.807) is 24.3 Å². The molecule has 0 saturated carbocycles. The number of nitrogens with zero attached hydrogens (tertiary/aromatic N) is 1. The van der Waals surface area contributed by atoms with Gasteiger partial charge in [-0.25, -0.2) is 13.1 Å². The first-order chi connectivity index (χ1) is 12.4. The second kappa shape index (κ2) is 9.96. The van der Waals surface area contributed by atoms with Gasteiger partial charge in [-0.1, -0.05) is 19.1 Å². The minimum atomic E-state index is -3.45. The fourth-order valence-corrected chi connectivity index (χ4v) is 3.71. The number of sulfonamides is 1. The van der Waals surface area contributed by atoms with Crippen molar-refractivity contribution in [2.24, 2.45) is 5.10 Å². The highest BCUT2D eigenvalue weighted by molar-refractivity contribution is 7.89. The third kappa shape index (κ3) is 6.31. The molecule has 0 unspecified atom stereocenters. The lowest BCUT2D eigenvalue weighted by molar-refractivity contribution is 0.114. The van der Waals surface area contributed by atoms with Gasteiger partial charge in [0, 0.05) is 19.7 Å². The van der Waals surface area contributed by atoms with Crippen LogP contribution >= 0.6 is 12.2 Å². The molecule has 0 radical (unpaired) electrons. The van der Waals surface area contributed by atoms with Crippen molar-refractivity contribution in [1.82, 2.24) is 15.5 Å². The van der Waals surface area contributed by atoms with E-state index in [4.69, 9.17) is 17.0 Å². The van der Waals surface area contributed by atoms with Gasteiger partial charge in [0.2, 0.25) is 10.0 Å². The summed E-state index contributed by atoms with van der Waals surface area (Å²) in [5.41, 5.74) is 4.32. The molecule has 1 aliphatic rings. The maximum Gasteiger partial charge on any atom is 0.240 e. The molecule has 2 rings (SSSR count). The van der Waals surface area contributed by atoms with Crippen LogP contribution in [-0.2, 0) is 14.8 Å². The summed E-state index contributed by atoms with van der Waals surface area (Å²) < 4.78 is 32.2. The first-order valence-electron chi connectivity index (χ1n) is 8.72. The summed E-state index contributed by atoms with van der Waals surface area (Å²) >= 11 is 5.19. The number of ether oxygens (including phenoxy) is 1. The zero-order chi connectivity index (χ0) is 19.0. The summed E-state index contributed by atoms with van der Waals surface area (Å²) in [5.74, 6) is 0. The molecule has 1 fully saturated rings. The van der Waals surface area contributed by atoms with Gasteiger partial charge in [-0.3, -0.25) is 5.43 Å². The molecule has 7 nitrogen and oxygen atoms in total. The smallest absolute Gasteiger partial charge is 0.240 e. The maximum absolute atomic E-state index is 12.1. The van der Waals surface area contributed by atoms with Gasteiger partial charge < -0.3 is 10.1 Å². The average molecular weight is 399 g/mol. The van der Waals surface area contributed by atoms with Crippen LogP contribution in [-0.4, -0.2) is 45.0 Å². The van der Waals surface area contributed by atoms with Crippen LogP contribution in [0.25, 0.3) is 0 Å². The Hall–Kier alpha value is -1.55. The summed E-state index contributed by atoms with van der Waals surface area (Å²) in [6, 6.07) is 6.59. The molecule has 0 bridgehead atoms. The van der Waals surface area contributed by atoms with Gasteiger partial charge in [0.05, 0.1) is 16.7 Å². The molecule has 1 saturated heterocycles. The lowest BCUT2D eigenvalue weighted by Crippen LogP contribution is -2.37. The van der Waals surface area contributed by atoms with E-state index < -0.39 is 10.0 Å². The molecule has 1 aromatic carbocycles. The molecular formula is C17H26N4O3S2. The predicted octanol–water partition coefficient (Wildman–Crippen LogP) is 1.74. The van der Waals surface area contributed by atoms with Gasteiger partial charge in [0.1, 0.15) is 0 Å². The summed E-state index contributed by atoms with van der Waals surface area (Å²) in [7, 11) is -3.45. The van der Waals surface area contributed by atoms with E-state index in [-0.39, 0.29) is 11.0 Å². The summed E-state index contributed by atoms with van der Waals surface area (Å²) in [6.07, 6.45) is 3.08. The van der Waals surface area contributed by atoms with Crippen molar-refractivity contribution in [3.05, 3.63) is 29.8 Å². The Labute approximate surface area is 160 Å². The van der Waals surface area contributed by atoms with E-state index in [0.717, 1.165) is 31.4 Å². The third-order valence-electron chi connectivity index (χ3n) is 3.96. The summed E-state index contributed by atoms with van der Waals surface area (Å²) in [4.78, 5) is 0.240. The van der Waals surface area contributed by atoms with Gasteiger partial charge in [0.15, 0.2) is 5.11 Å². The third-order valence-corrected chi connectivity index (χ3v) is 5.68.